The van der Waals surface area contributed by atoms with Gasteiger partial charge in [0.15, 0.2) is 0 Å². The molecule has 2 N–H and O–H groups in total. The third-order valence-electron chi connectivity index (χ3n) is 8.80. The summed E-state index contributed by atoms with van der Waals surface area (Å²) >= 11 is 0. The van der Waals surface area contributed by atoms with E-state index in [0.717, 1.165) is 73.9 Å². The molecule has 8 nitrogen and oxygen atoms in total. The Morgan fingerprint density at radius 2 is 1.83 bits per heavy atom. The summed E-state index contributed by atoms with van der Waals surface area (Å²) in [6.45, 7) is 6.73. The Labute approximate surface area is 250 Å². The number of aliphatic carboxylic acids is 1. The molecule has 230 valence electrons. The molecule has 2 aliphatic rings. The number of aryl methyl sites for hydroxylation is 1. The average Bonchev–Trinajstić information content (AvgIpc) is 3.35. The van der Waals surface area contributed by atoms with Crippen molar-refractivity contribution in [3.05, 3.63) is 59.2 Å². The van der Waals surface area contributed by atoms with E-state index in [4.69, 9.17) is 4.74 Å². The molecule has 9 heteroatoms. The number of carboxylic acid groups (broad SMARTS) is 1. The fourth-order valence-electron chi connectivity index (χ4n) is 6.28. The Morgan fingerprint density at radius 3 is 2.50 bits per heavy atom. The first kappa shape index (κ1) is 32.2. The molecule has 2 fully saturated rings. The molecule has 0 spiro atoms. The van der Waals surface area contributed by atoms with E-state index in [9.17, 15) is 23.1 Å². The largest absolute Gasteiger partial charge is 0.480 e. The number of nitrogens with zero attached hydrogens (tertiary/aromatic N) is 1. The molecular formula is C33H46N2O6S. The average molecular weight is 599 g/mol. The third kappa shape index (κ3) is 8.88. The summed E-state index contributed by atoms with van der Waals surface area (Å²) in [5.41, 5.74) is 4.08. The maximum atomic E-state index is 13.5. The van der Waals surface area contributed by atoms with Crippen molar-refractivity contribution in [2.24, 2.45) is 5.92 Å². The Hall–Kier alpha value is -2.75. The van der Waals surface area contributed by atoms with Gasteiger partial charge < -0.3 is 15.2 Å². The summed E-state index contributed by atoms with van der Waals surface area (Å²) in [4.78, 5) is 27.8. The molecule has 4 rings (SSSR count). The van der Waals surface area contributed by atoms with Crippen molar-refractivity contribution >= 4 is 21.7 Å². The minimum Gasteiger partial charge on any atom is -0.480 e. The van der Waals surface area contributed by atoms with Crippen LogP contribution in [0.25, 0.3) is 11.1 Å². The molecule has 2 aromatic carbocycles. The first-order valence-electron chi connectivity index (χ1n) is 15.3. The maximum Gasteiger partial charge on any atom is 0.326 e. The summed E-state index contributed by atoms with van der Waals surface area (Å²) in [7, 11) is -3.38. The summed E-state index contributed by atoms with van der Waals surface area (Å²) in [5.74, 6) is -1.49. The molecule has 0 radical (unpaired) electrons. The normalized spacial score (nSPS) is 20.8. The van der Waals surface area contributed by atoms with Gasteiger partial charge in [-0.1, -0.05) is 62.9 Å². The number of amides is 1. The van der Waals surface area contributed by atoms with Crippen molar-refractivity contribution < 1.29 is 27.9 Å². The summed E-state index contributed by atoms with van der Waals surface area (Å²) in [5, 5.41) is 12.2. The second-order valence-electron chi connectivity index (χ2n) is 12.2. The smallest absolute Gasteiger partial charge is 0.326 e. The lowest BCUT2D eigenvalue weighted by Crippen LogP contribution is -2.42. The van der Waals surface area contributed by atoms with E-state index >= 15 is 0 Å². The minimum absolute atomic E-state index is 0.199. The quantitative estimate of drug-likeness (QED) is 0.325. The lowest BCUT2D eigenvalue weighted by molar-refractivity contribution is -0.139. The highest BCUT2D eigenvalue weighted by molar-refractivity contribution is 7.90. The van der Waals surface area contributed by atoms with E-state index in [1.165, 1.54) is 19.3 Å². The Kier molecular flexibility index (Phi) is 11.2. The molecule has 3 atom stereocenters. The monoisotopic (exact) mass is 598 g/mol. The van der Waals surface area contributed by atoms with Gasteiger partial charge in [0.25, 0.3) is 5.91 Å². The van der Waals surface area contributed by atoms with Gasteiger partial charge in [-0.15, -0.1) is 0 Å². The number of rotatable bonds is 13. The van der Waals surface area contributed by atoms with Crippen LogP contribution in [-0.4, -0.2) is 73.6 Å². The number of benzene rings is 2. The van der Waals surface area contributed by atoms with Gasteiger partial charge in [-0.05, 0) is 72.9 Å². The molecule has 1 aliphatic carbocycles. The van der Waals surface area contributed by atoms with Crippen molar-refractivity contribution in [3.63, 3.8) is 0 Å². The van der Waals surface area contributed by atoms with Crippen molar-refractivity contribution in [3.8, 4) is 11.1 Å². The number of sulfone groups is 1. The summed E-state index contributed by atoms with van der Waals surface area (Å²) in [6.07, 6.45) is 9.61. The fourth-order valence-corrected chi connectivity index (χ4v) is 6.94. The van der Waals surface area contributed by atoms with Gasteiger partial charge in [-0.3, -0.25) is 9.69 Å². The van der Waals surface area contributed by atoms with Crippen LogP contribution in [0.4, 0.5) is 0 Å². The van der Waals surface area contributed by atoms with E-state index in [-0.39, 0.29) is 12.2 Å². The number of likely N-dealkylation sites (tertiary alicyclic amines) is 1. The van der Waals surface area contributed by atoms with Crippen molar-refractivity contribution in [1.29, 1.82) is 0 Å². The van der Waals surface area contributed by atoms with Gasteiger partial charge >= 0.3 is 5.97 Å². The molecule has 1 aliphatic heterocycles. The third-order valence-corrected chi connectivity index (χ3v) is 9.78. The predicted molar refractivity (Wildman–Crippen MR) is 165 cm³/mol. The molecule has 1 amide bonds. The predicted octanol–water partition coefficient (Wildman–Crippen LogP) is 5.23. The van der Waals surface area contributed by atoms with Crippen LogP contribution in [0.15, 0.2) is 42.5 Å². The van der Waals surface area contributed by atoms with E-state index < -0.39 is 27.8 Å². The van der Waals surface area contributed by atoms with Crippen LogP contribution >= 0.6 is 0 Å². The first-order chi connectivity index (χ1) is 20.0. The number of carbonyl (C=O) groups excluding carboxylic acids is 1. The lowest BCUT2D eigenvalue weighted by Gasteiger charge is -2.28. The van der Waals surface area contributed by atoms with Crippen LogP contribution < -0.4 is 5.32 Å². The molecule has 1 saturated heterocycles. The first-order valence-corrected chi connectivity index (χ1v) is 17.4. The molecule has 0 unspecified atom stereocenters. The van der Waals surface area contributed by atoms with Crippen molar-refractivity contribution in [1.82, 2.24) is 10.2 Å². The van der Waals surface area contributed by atoms with Gasteiger partial charge in [0.05, 0.1) is 18.5 Å². The standard InChI is InChI=1S/C33H46N2O6S/c1-4-24-18-26(22-41-27-11-6-5-7-12-27)35(20-24)21-25-14-15-29(30(19-25)28-13-9-8-10-23(28)2)32(36)34-31(33(37)38)16-17-42(3,39)40/h8-10,13-15,19,24,26-27,31H,4-7,11-12,16-18,20-22H2,1-3H3,(H,34,36)(H,37,38)/t24-,26+,31+/m1/s1. The highest BCUT2D eigenvalue weighted by Crippen LogP contribution is 2.32. The van der Waals surface area contributed by atoms with Crippen LogP contribution in [-0.2, 0) is 25.9 Å². The second-order valence-corrected chi connectivity index (χ2v) is 14.4. The van der Waals surface area contributed by atoms with Crippen LogP contribution in [0.3, 0.4) is 0 Å². The summed E-state index contributed by atoms with van der Waals surface area (Å²) in [6, 6.07) is 12.6. The van der Waals surface area contributed by atoms with E-state index in [0.29, 0.717) is 23.6 Å². The molecule has 1 heterocycles. The van der Waals surface area contributed by atoms with Crippen LogP contribution in [0.2, 0.25) is 0 Å². The molecular weight excluding hydrogens is 552 g/mol. The van der Waals surface area contributed by atoms with Crippen LogP contribution in [0.5, 0.6) is 0 Å². The van der Waals surface area contributed by atoms with Crippen molar-refractivity contribution in [2.45, 2.75) is 89.9 Å². The van der Waals surface area contributed by atoms with Gasteiger partial charge in [-0.25, -0.2) is 13.2 Å². The van der Waals surface area contributed by atoms with Gasteiger partial charge in [0.2, 0.25) is 0 Å². The SMILES string of the molecule is CC[C@@H]1C[C@@H](COC2CCCCC2)N(Cc2ccc(C(=O)N[C@@H](CCS(C)(=O)=O)C(=O)O)c(-c3ccccc3C)c2)C1. The Morgan fingerprint density at radius 1 is 1.10 bits per heavy atom. The second kappa shape index (κ2) is 14.6. The zero-order valence-corrected chi connectivity index (χ0v) is 26.0. The number of ether oxygens (including phenoxy) is 1. The zero-order chi connectivity index (χ0) is 30.3. The fraction of sp³-hybridized carbons (Fsp3) is 0.576. The highest BCUT2D eigenvalue weighted by Gasteiger charge is 2.32. The highest BCUT2D eigenvalue weighted by atomic mass is 32.2. The van der Waals surface area contributed by atoms with Gasteiger partial charge in [-0.2, -0.15) is 0 Å². The molecule has 42 heavy (non-hydrogen) atoms. The van der Waals surface area contributed by atoms with Gasteiger partial charge in [0.1, 0.15) is 15.9 Å². The molecule has 2 aromatic rings. The van der Waals surface area contributed by atoms with Crippen LogP contribution in [0, 0.1) is 12.8 Å². The molecule has 0 aromatic heterocycles. The Bertz CT molecular complexity index is 1340. The minimum atomic E-state index is -3.38. The molecule has 0 bridgehead atoms. The maximum absolute atomic E-state index is 13.5. The molecule has 1 saturated carbocycles. The summed E-state index contributed by atoms with van der Waals surface area (Å²) < 4.78 is 29.7. The van der Waals surface area contributed by atoms with E-state index in [1.54, 1.807) is 6.07 Å². The van der Waals surface area contributed by atoms with Crippen molar-refractivity contribution in [2.75, 3.05) is 25.2 Å². The number of hydrogen-bond acceptors (Lipinski definition) is 6. The number of carboxylic acids is 1. The number of carbonyl (C=O) groups is 2. The number of hydrogen-bond donors (Lipinski definition) is 2. The number of nitrogens with one attached hydrogen (secondary N) is 1. The van der Waals surface area contributed by atoms with Crippen LogP contribution in [0.1, 0.15) is 79.8 Å². The van der Waals surface area contributed by atoms with E-state index in [2.05, 4.69) is 17.1 Å². The Balaban J connectivity index is 1.57. The zero-order valence-electron chi connectivity index (χ0n) is 25.2. The van der Waals surface area contributed by atoms with E-state index in [1.807, 2.05) is 43.3 Å². The topological polar surface area (TPSA) is 113 Å². The lowest BCUT2D eigenvalue weighted by atomic mass is 9.93. The van der Waals surface area contributed by atoms with Gasteiger partial charge in [0, 0.05) is 31.0 Å².